The third-order valence-corrected chi connectivity index (χ3v) is 5.07. The number of carbonyl (C=O) groups excluding carboxylic acids is 2. The molecule has 3 rings (SSSR count). The molecule has 0 fully saturated rings. The molecule has 0 saturated heterocycles. The van der Waals surface area contributed by atoms with E-state index in [0.717, 1.165) is 11.3 Å². The minimum absolute atomic E-state index is 0.0955. The summed E-state index contributed by atoms with van der Waals surface area (Å²) in [6, 6.07) is 8.59. The van der Waals surface area contributed by atoms with Crippen LogP contribution in [0.2, 0.25) is 0 Å². The number of pyridine rings is 1. The molecule has 0 radical (unpaired) electrons. The van der Waals surface area contributed by atoms with E-state index in [0.29, 0.717) is 21.8 Å². The molecule has 0 aliphatic rings. The van der Waals surface area contributed by atoms with Crippen LogP contribution in [0.25, 0.3) is 10.4 Å². The van der Waals surface area contributed by atoms with Gasteiger partial charge in [0.1, 0.15) is 5.82 Å². The summed E-state index contributed by atoms with van der Waals surface area (Å²) in [7, 11) is 0. The number of hydrogen-bond donors (Lipinski definition) is 3. The Labute approximate surface area is 185 Å². The van der Waals surface area contributed by atoms with Crippen molar-refractivity contribution in [2.75, 3.05) is 16.0 Å². The fourth-order valence-electron chi connectivity index (χ4n) is 2.55. The van der Waals surface area contributed by atoms with Gasteiger partial charge in [0.05, 0.1) is 10.6 Å². The second-order valence-electron chi connectivity index (χ2n) is 6.47. The Kier molecular flexibility index (Phi) is 6.58. The first-order valence-electron chi connectivity index (χ1n) is 8.90. The maximum atomic E-state index is 12.5. The molecule has 2 aromatic heterocycles. The van der Waals surface area contributed by atoms with Crippen molar-refractivity contribution in [1.29, 1.82) is 0 Å². The highest BCUT2D eigenvalue weighted by molar-refractivity contribution is 7.19. The van der Waals surface area contributed by atoms with Gasteiger partial charge in [-0.2, -0.15) is 26.3 Å². The van der Waals surface area contributed by atoms with Crippen LogP contribution in [-0.2, 0) is 9.59 Å². The quantitative estimate of drug-likeness (QED) is 0.425. The van der Waals surface area contributed by atoms with E-state index in [1.165, 1.54) is 36.5 Å². The number of aryl methyl sites for hydroxylation is 1. The van der Waals surface area contributed by atoms with Gasteiger partial charge in [-0.1, -0.05) is 17.4 Å². The molecule has 174 valence electrons. The van der Waals surface area contributed by atoms with Gasteiger partial charge in [0, 0.05) is 17.6 Å². The predicted octanol–water partition coefficient (Wildman–Crippen LogP) is 5.26. The highest BCUT2D eigenvalue weighted by Gasteiger charge is 2.39. The standard InChI is InChI=1S/C19H13F6N5O2S/c1-9-14(33-17(27-9)30-16(32)19(23,24)25)10-5-6-26-13(7-10)28-11-3-2-4-12(8-11)29-15(31)18(20,21)22/h2-8H,1H3,(H,26,28)(H,29,31)(H,27,30,32). The van der Waals surface area contributed by atoms with Gasteiger partial charge >= 0.3 is 24.2 Å². The Morgan fingerprint density at radius 1 is 0.909 bits per heavy atom. The first-order chi connectivity index (χ1) is 15.3. The molecule has 0 atom stereocenters. The smallest absolute Gasteiger partial charge is 0.340 e. The van der Waals surface area contributed by atoms with Crippen LogP contribution in [0.15, 0.2) is 42.6 Å². The van der Waals surface area contributed by atoms with Crippen LogP contribution < -0.4 is 16.0 Å². The number of thiazole rings is 1. The van der Waals surface area contributed by atoms with Crippen LogP contribution in [0, 0.1) is 6.92 Å². The van der Waals surface area contributed by atoms with E-state index in [-0.39, 0.29) is 16.6 Å². The van der Waals surface area contributed by atoms with Crippen LogP contribution in [0.1, 0.15) is 5.69 Å². The van der Waals surface area contributed by atoms with Crippen molar-refractivity contribution in [3.63, 3.8) is 0 Å². The number of nitrogens with zero attached hydrogens (tertiary/aromatic N) is 2. The highest BCUT2D eigenvalue weighted by Crippen LogP contribution is 2.34. The molecule has 3 N–H and O–H groups in total. The monoisotopic (exact) mass is 489 g/mol. The number of benzene rings is 1. The zero-order valence-corrected chi connectivity index (χ0v) is 17.2. The Balaban J connectivity index is 1.78. The number of carbonyl (C=O) groups is 2. The van der Waals surface area contributed by atoms with Crippen LogP contribution in [-0.4, -0.2) is 34.1 Å². The third kappa shape index (κ3) is 6.19. The molecule has 0 aliphatic carbocycles. The molecule has 0 aliphatic heterocycles. The number of alkyl halides is 6. The van der Waals surface area contributed by atoms with E-state index >= 15 is 0 Å². The number of halogens is 6. The average Bonchev–Trinajstić information content (AvgIpc) is 3.07. The van der Waals surface area contributed by atoms with Gasteiger partial charge in [-0.3, -0.25) is 14.9 Å². The summed E-state index contributed by atoms with van der Waals surface area (Å²) in [5.74, 6) is -3.99. The second-order valence-corrected chi connectivity index (χ2v) is 7.47. The Morgan fingerprint density at radius 2 is 1.55 bits per heavy atom. The molecule has 0 unspecified atom stereocenters. The van der Waals surface area contributed by atoms with Crippen LogP contribution in [0.3, 0.4) is 0 Å². The van der Waals surface area contributed by atoms with Gasteiger partial charge in [-0.15, -0.1) is 0 Å². The fraction of sp³-hybridized carbons (Fsp3) is 0.158. The number of aromatic nitrogens is 2. The molecule has 33 heavy (non-hydrogen) atoms. The van der Waals surface area contributed by atoms with E-state index in [2.05, 4.69) is 15.3 Å². The molecule has 2 heterocycles. The molecule has 7 nitrogen and oxygen atoms in total. The minimum atomic E-state index is -5.05. The van der Waals surface area contributed by atoms with E-state index in [1.54, 1.807) is 23.6 Å². The Morgan fingerprint density at radius 3 is 2.21 bits per heavy atom. The Hall–Kier alpha value is -3.68. The topological polar surface area (TPSA) is 96.0 Å². The van der Waals surface area contributed by atoms with Gasteiger partial charge in [0.15, 0.2) is 5.13 Å². The zero-order valence-electron chi connectivity index (χ0n) is 16.4. The minimum Gasteiger partial charge on any atom is -0.340 e. The van der Waals surface area contributed by atoms with Gasteiger partial charge in [-0.25, -0.2) is 9.97 Å². The van der Waals surface area contributed by atoms with Crippen LogP contribution in [0.5, 0.6) is 0 Å². The lowest BCUT2D eigenvalue weighted by Crippen LogP contribution is -2.29. The van der Waals surface area contributed by atoms with Crippen molar-refractivity contribution in [3.8, 4) is 10.4 Å². The number of hydrogen-bond acceptors (Lipinski definition) is 6. The van der Waals surface area contributed by atoms with E-state index in [1.807, 2.05) is 0 Å². The van der Waals surface area contributed by atoms with Crippen LogP contribution in [0.4, 0.5) is 48.7 Å². The summed E-state index contributed by atoms with van der Waals surface area (Å²) < 4.78 is 74.6. The molecule has 0 bridgehead atoms. The number of rotatable bonds is 5. The molecular formula is C19H13F6N5O2S. The summed E-state index contributed by atoms with van der Waals surface area (Å²) in [6.07, 6.45) is -8.69. The number of anilines is 4. The number of amides is 2. The van der Waals surface area contributed by atoms with Gasteiger partial charge < -0.3 is 10.6 Å². The third-order valence-electron chi connectivity index (χ3n) is 3.95. The average molecular weight is 489 g/mol. The Bertz CT molecular complexity index is 1190. The van der Waals surface area contributed by atoms with Crippen molar-refractivity contribution >= 4 is 45.5 Å². The summed E-state index contributed by atoms with van der Waals surface area (Å²) in [6.45, 7) is 1.55. The SMILES string of the molecule is Cc1nc(NC(=O)C(F)(F)F)sc1-c1ccnc(Nc2cccc(NC(=O)C(F)(F)F)c2)c1. The molecule has 14 heteroatoms. The molecule has 1 aromatic carbocycles. The molecule has 0 saturated carbocycles. The lowest BCUT2D eigenvalue weighted by Gasteiger charge is -2.11. The van der Waals surface area contributed by atoms with Gasteiger partial charge in [0.25, 0.3) is 0 Å². The summed E-state index contributed by atoms with van der Waals surface area (Å²) in [5, 5.41) is 6.07. The van der Waals surface area contributed by atoms with Crippen molar-refractivity contribution in [2.45, 2.75) is 19.3 Å². The van der Waals surface area contributed by atoms with E-state index in [9.17, 15) is 35.9 Å². The molecule has 3 aromatic rings. The molecular weight excluding hydrogens is 476 g/mol. The first-order valence-corrected chi connectivity index (χ1v) is 9.72. The predicted molar refractivity (Wildman–Crippen MR) is 109 cm³/mol. The van der Waals surface area contributed by atoms with Crippen molar-refractivity contribution in [3.05, 3.63) is 48.3 Å². The van der Waals surface area contributed by atoms with Crippen molar-refractivity contribution in [1.82, 2.24) is 9.97 Å². The fourth-order valence-corrected chi connectivity index (χ4v) is 3.51. The zero-order chi connectivity index (χ0) is 24.4. The maximum Gasteiger partial charge on any atom is 0.471 e. The van der Waals surface area contributed by atoms with Gasteiger partial charge in [0.2, 0.25) is 0 Å². The maximum absolute atomic E-state index is 12.5. The van der Waals surface area contributed by atoms with E-state index in [4.69, 9.17) is 0 Å². The molecule has 0 spiro atoms. The largest absolute Gasteiger partial charge is 0.471 e. The second kappa shape index (κ2) is 9.05. The summed E-state index contributed by atoms with van der Waals surface area (Å²) >= 11 is 0.831. The van der Waals surface area contributed by atoms with E-state index < -0.39 is 24.2 Å². The summed E-state index contributed by atoms with van der Waals surface area (Å²) in [5.41, 5.74) is 1.11. The lowest BCUT2D eigenvalue weighted by molar-refractivity contribution is -0.167. The first kappa shape index (κ1) is 24.0. The van der Waals surface area contributed by atoms with Crippen LogP contribution >= 0.6 is 11.3 Å². The molecule has 2 amide bonds. The highest BCUT2D eigenvalue weighted by atomic mass is 32.1. The normalized spacial score (nSPS) is 11.7. The van der Waals surface area contributed by atoms with Crippen molar-refractivity contribution in [2.24, 2.45) is 0 Å². The van der Waals surface area contributed by atoms with Crippen molar-refractivity contribution < 1.29 is 35.9 Å². The van der Waals surface area contributed by atoms with Gasteiger partial charge in [-0.05, 0) is 42.8 Å². The number of nitrogens with one attached hydrogen (secondary N) is 3. The summed E-state index contributed by atoms with van der Waals surface area (Å²) in [4.78, 5) is 30.7. The lowest BCUT2D eigenvalue weighted by atomic mass is 10.2.